The van der Waals surface area contributed by atoms with Crippen molar-refractivity contribution in [1.82, 2.24) is 29.3 Å². The number of nitrogen functional groups attached to an aromatic ring is 2. The van der Waals surface area contributed by atoms with Crippen molar-refractivity contribution in [3.8, 4) is 23.0 Å². The van der Waals surface area contributed by atoms with Crippen molar-refractivity contribution in [2.45, 2.75) is 48.9 Å². The fraction of sp³-hybridized carbons (Fsp3) is 0.250. The van der Waals surface area contributed by atoms with Gasteiger partial charge >= 0.3 is 13.2 Å². The monoisotopic (exact) mass is 732 g/mol. The Morgan fingerprint density at radius 2 is 1.28 bits per heavy atom. The van der Waals surface area contributed by atoms with Crippen molar-refractivity contribution in [3.63, 3.8) is 0 Å². The fourth-order valence-electron chi connectivity index (χ4n) is 4.84. The van der Waals surface area contributed by atoms with Gasteiger partial charge in [0.25, 0.3) is 0 Å². The van der Waals surface area contributed by atoms with Crippen LogP contribution in [0, 0.1) is 13.8 Å². The van der Waals surface area contributed by atoms with E-state index in [0.29, 0.717) is 43.9 Å². The van der Waals surface area contributed by atoms with E-state index in [-0.39, 0.29) is 11.5 Å². The standard InChI is InChI=1S/2C16H16F2N4O2S/c1-9-12(20-6-5-14(9)23-2)8-25-16-21-11-7-10(24-15(17)18)3-4-13(11)22(16)19;1-9-5-6-20-12(14(9)23-2)8-25-16-21-11-4-3-10(24-15(17)18)7-13(11)22(16)19/h2*3-7,15H,8,19H2,1-2H3. The zero-order valence-corrected chi connectivity index (χ0v) is 28.8. The van der Waals surface area contributed by atoms with E-state index in [4.69, 9.17) is 21.2 Å². The van der Waals surface area contributed by atoms with Crippen LogP contribution in [0.25, 0.3) is 22.1 Å². The van der Waals surface area contributed by atoms with E-state index in [0.717, 1.165) is 34.0 Å². The maximum atomic E-state index is 12.3. The SMILES string of the molecule is COc1c(C)ccnc1CSc1nc2ccc(OC(F)F)cc2n1N.COc1ccnc(CSc2nc3cc(OC(F)F)ccc3n2N)c1C. The average Bonchev–Trinajstić information content (AvgIpc) is 3.57. The lowest BCUT2D eigenvalue weighted by molar-refractivity contribution is -0.0504. The molecule has 6 aromatic rings. The summed E-state index contributed by atoms with van der Waals surface area (Å²) < 4.78 is 71.5. The molecule has 4 N–H and O–H groups in total. The summed E-state index contributed by atoms with van der Waals surface area (Å²) in [5.74, 6) is 14.7. The normalized spacial score (nSPS) is 11.2. The minimum atomic E-state index is -2.89. The Balaban J connectivity index is 0.000000194. The van der Waals surface area contributed by atoms with Crippen LogP contribution in [0.3, 0.4) is 0 Å². The topological polar surface area (TPSA) is 150 Å². The van der Waals surface area contributed by atoms with E-state index in [9.17, 15) is 17.6 Å². The van der Waals surface area contributed by atoms with E-state index in [2.05, 4.69) is 29.4 Å². The molecule has 0 atom stereocenters. The van der Waals surface area contributed by atoms with E-state index in [1.807, 2.05) is 19.9 Å². The number of imidazole rings is 2. The van der Waals surface area contributed by atoms with Gasteiger partial charge in [-0.1, -0.05) is 23.5 Å². The van der Waals surface area contributed by atoms with Crippen molar-refractivity contribution in [2.75, 3.05) is 25.9 Å². The molecule has 18 heteroatoms. The third kappa shape index (κ3) is 8.36. The van der Waals surface area contributed by atoms with Crippen molar-refractivity contribution in [3.05, 3.63) is 83.4 Å². The van der Waals surface area contributed by atoms with Gasteiger partial charge in [0.2, 0.25) is 0 Å². The Labute approximate surface area is 292 Å². The zero-order chi connectivity index (χ0) is 35.9. The Kier molecular flexibility index (Phi) is 11.6. The minimum Gasteiger partial charge on any atom is -0.496 e. The smallest absolute Gasteiger partial charge is 0.387 e. The van der Waals surface area contributed by atoms with E-state index in [1.165, 1.54) is 57.1 Å². The zero-order valence-electron chi connectivity index (χ0n) is 27.1. The van der Waals surface area contributed by atoms with Gasteiger partial charge < -0.3 is 30.6 Å². The third-order valence-corrected chi connectivity index (χ3v) is 9.17. The Morgan fingerprint density at radius 3 is 1.94 bits per heavy atom. The molecule has 50 heavy (non-hydrogen) atoms. The van der Waals surface area contributed by atoms with Crippen LogP contribution >= 0.6 is 23.5 Å². The molecular weight excluding hydrogens is 701 g/mol. The highest BCUT2D eigenvalue weighted by atomic mass is 32.2. The van der Waals surface area contributed by atoms with E-state index in [1.54, 1.807) is 44.8 Å². The van der Waals surface area contributed by atoms with Gasteiger partial charge in [-0.2, -0.15) is 17.6 Å². The van der Waals surface area contributed by atoms with Gasteiger partial charge in [0.05, 0.1) is 47.7 Å². The molecule has 0 aliphatic carbocycles. The number of hydrogen-bond acceptors (Lipinski definition) is 12. The Bertz CT molecular complexity index is 2100. The largest absolute Gasteiger partial charge is 0.496 e. The summed E-state index contributed by atoms with van der Waals surface area (Å²) in [7, 11) is 3.21. The van der Waals surface area contributed by atoms with Gasteiger partial charge in [0, 0.05) is 41.6 Å². The number of nitrogens with two attached hydrogens (primary N) is 2. The molecule has 4 heterocycles. The molecule has 0 fully saturated rings. The number of benzene rings is 2. The van der Waals surface area contributed by atoms with Crippen molar-refractivity contribution >= 4 is 45.6 Å². The summed E-state index contributed by atoms with van der Waals surface area (Å²) in [5, 5.41) is 1.09. The number of methoxy groups -OCH3 is 2. The Morgan fingerprint density at radius 1 is 0.700 bits per heavy atom. The average molecular weight is 733 g/mol. The quantitative estimate of drug-likeness (QED) is 0.0782. The predicted octanol–water partition coefficient (Wildman–Crippen LogP) is 6.71. The summed E-state index contributed by atoms with van der Waals surface area (Å²) in [6.45, 7) is -1.90. The number of ether oxygens (including phenoxy) is 4. The first-order valence-corrected chi connectivity index (χ1v) is 16.6. The number of pyridine rings is 2. The summed E-state index contributed by atoms with van der Waals surface area (Å²) in [5.41, 5.74) is 5.78. The first-order chi connectivity index (χ1) is 24.0. The van der Waals surface area contributed by atoms with Gasteiger partial charge in [0.1, 0.15) is 23.0 Å². The van der Waals surface area contributed by atoms with Crippen LogP contribution in [0.1, 0.15) is 22.5 Å². The second-order valence-corrected chi connectivity index (χ2v) is 12.2. The lowest BCUT2D eigenvalue weighted by atomic mass is 10.2. The number of hydrogen-bond donors (Lipinski definition) is 2. The number of nitrogens with zero attached hydrogens (tertiary/aromatic N) is 6. The van der Waals surface area contributed by atoms with Crippen LogP contribution in [-0.4, -0.2) is 56.7 Å². The predicted molar refractivity (Wildman–Crippen MR) is 183 cm³/mol. The van der Waals surface area contributed by atoms with E-state index >= 15 is 0 Å². The lowest BCUT2D eigenvalue weighted by Gasteiger charge is -2.09. The molecule has 12 nitrogen and oxygen atoms in total. The maximum Gasteiger partial charge on any atom is 0.387 e. The maximum absolute atomic E-state index is 12.3. The highest BCUT2D eigenvalue weighted by Crippen LogP contribution is 2.32. The number of fused-ring (bicyclic) bond motifs is 2. The number of rotatable bonds is 12. The van der Waals surface area contributed by atoms with Gasteiger partial charge in [-0.05, 0) is 55.8 Å². The molecule has 0 saturated carbocycles. The first kappa shape index (κ1) is 36.2. The van der Waals surface area contributed by atoms with Gasteiger partial charge in [-0.25, -0.2) is 19.3 Å². The van der Waals surface area contributed by atoms with Gasteiger partial charge in [-0.3, -0.25) is 9.97 Å². The highest BCUT2D eigenvalue weighted by Gasteiger charge is 2.16. The number of aryl methyl sites for hydroxylation is 1. The van der Waals surface area contributed by atoms with Crippen LogP contribution < -0.4 is 30.6 Å². The molecule has 0 aliphatic heterocycles. The van der Waals surface area contributed by atoms with Crippen molar-refractivity contribution in [1.29, 1.82) is 0 Å². The minimum absolute atomic E-state index is 0.0349. The molecule has 6 rings (SSSR count). The molecule has 264 valence electrons. The molecular formula is C32H32F4N8O4S2. The molecule has 0 unspecified atom stereocenters. The summed E-state index contributed by atoms with van der Waals surface area (Å²) in [4.78, 5) is 17.5. The van der Waals surface area contributed by atoms with E-state index < -0.39 is 13.2 Å². The molecule has 2 aromatic carbocycles. The molecule has 0 saturated heterocycles. The summed E-state index contributed by atoms with van der Waals surface area (Å²) in [6.07, 6.45) is 3.40. The van der Waals surface area contributed by atoms with Crippen LogP contribution in [0.15, 0.2) is 71.2 Å². The molecule has 0 bridgehead atoms. The second kappa shape index (κ2) is 16.1. The Hall–Kier alpha value is -5.10. The van der Waals surface area contributed by atoms with Gasteiger partial charge in [0.15, 0.2) is 10.3 Å². The summed E-state index contributed by atoms with van der Waals surface area (Å²) in [6, 6.07) is 12.6. The number of thioether (sulfide) groups is 2. The van der Waals surface area contributed by atoms with Crippen LogP contribution in [0.2, 0.25) is 0 Å². The number of alkyl halides is 4. The van der Waals surface area contributed by atoms with Crippen LogP contribution in [0.5, 0.6) is 23.0 Å². The summed E-state index contributed by atoms with van der Waals surface area (Å²) >= 11 is 2.78. The van der Waals surface area contributed by atoms with Crippen LogP contribution in [-0.2, 0) is 11.5 Å². The number of aromatic nitrogens is 6. The number of halogens is 4. The fourth-order valence-corrected chi connectivity index (χ4v) is 6.67. The lowest BCUT2D eigenvalue weighted by Crippen LogP contribution is -2.09. The first-order valence-electron chi connectivity index (χ1n) is 14.7. The van der Waals surface area contributed by atoms with Crippen molar-refractivity contribution in [2.24, 2.45) is 0 Å². The molecule has 0 aliphatic rings. The molecule has 0 amide bonds. The molecule has 0 spiro atoms. The van der Waals surface area contributed by atoms with Gasteiger partial charge in [-0.15, -0.1) is 0 Å². The molecule has 0 radical (unpaired) electrons. The second-order valence-electron chi connectivity index (χ2n) is 10.4. The van der Waals surface area contributed by atoms with Crippen LogP contribution in [0.4, 0.5) is 17.6 Å². The van der Waals surface area contributed by atoms with Crippen molar-refractivity contribution < 1.29 is 36.5 Å². The molecule has 4 aromatic heterocycles. The third-order valence-electron chi connectivity index (χ3n) is 7.24. The highest BCUT2D eigenvalue weighted by molar-refractivity contribution is 7.98.